The molecule has 0 radical (unpaired) electrons. The van der Waals surface area contributed by atoms with Crippen LogP contribution in [0.1, 0.15) is 55.1 Å². The zero-order valence-corrected chi connectivity index (χ0v) is 24.0. The van der Waals surface area contributed by atoms with Crippen molar-refractivity contribution in [3.05, 3.63) is 88.4 Å². The number of rotatable bonds is 11. The summed E-state index contributed by atoms with van der Waals surface area (Å²) in [4.78, 5) is 35.8. The first-order valence-electron chi connectivity index (χ1n) is 12.6. The van der Waals surface area contributed by atoms with E-state index in [0.717, 1.165) is 11.1 Å². The molecule has 3 aromatic carbocycles. The maximum Gasteiger partial charge on any atom is 0.305 e. The molecule has 0 atom stereocenters. The quantitative estimate of drug-likeness (QED) is 0.243. The zero-order valence-electron chi connectivity index (χ0n) is 22.5. The predicted molar refractivity (Wildman–Crippen MR) is 155 cm³/mol. The van der Waals surface area contributed by atoms with Gasteiger partial charge in [0.1, 0.15) is 0 Å². The van der Waals surface area contributed by atoms with E-state index in [2.05, 4.69) is 15.4 Å². The van der Waals surface area contributed by atoms with E-state index in [1.165, 1.54) is 30.3 Å². The van der Waals surface area contributed by atoms with Gasteiger partial charge < -0.3 is 15.7 Å². The topological polar surface area (TPSA) is 142 Å². The normalized spacial score (nSPS) is 11.5. The Morgan fingerprint density at radius 2 is 1.62 bits per heavy atom. The van der Waals surface area contributed by atoms with Crippen LogP contribution in [-0.2, 0) is 31.4 Å². The number of amides is 2. The van der Waals surface area contributed by atoms with E-state index in [-0.39, 0.29) is 51.9 Å². The van der Waals surface area contributed by atoms with Crippen LogP contribution in [0.5, 0.6) is 0 Å². The van der Waals surface area contributed by atoms with Gasteiger partial charge in [-0.25, -0.2) is 8.42 Å². The highest BCUT2D eigenvalue weighted by molar-refractivity contribution is 7.92. The third-order valence-electron chi connectivity index (χ3n) is 5.99. The van der Waals surface area contributed by atoms with Gasteiger partial charge in [-0.15, -0.1) is 0 Å². The minimum absolute atomic E-state index is 0.0330. The lowest BCUT2D eigenvalue weighted by Gasteiger charge is -2.19. The average Bonchev–Trinajstić information content (AvgIpc) is 2.88. The molecule has 0 aliphatic rings. The van der Waals surface area contributed by atoms with Crippen LogP contribution in [0, 0.1) is 0 Å². The Bertz CT molecular complexity index is 1500. The highest BCUT2D eigenvalue weighted by Gasteiger charge is 2.21. The Morgan fingerprint density at radius 3 is 2.27 bits per heavy atom. The van der Waals surface area contributed by atoms with Crippen LogP contribution < -0.4 is 15.4 Å². The molecule has 0 unspecified atom stereocenters. The highest BCUT2D eigenvalue weighted by Crippen LogP contribution is 2.27. The van der Waals surface area contributed by atoms with Crippen LogP contribution in [0.3, 0.4) is 0 Å². The summed E-state index contributed by atoms with van der Waals surface area (Å²) in [7, 11) is -3.99. The molecule has 0 bridgehead atoms. The summed E-state index contributed by atoms with van der Waals surface area (Å²) in [5, 5.41) is 14.2. The molecule has 0 saturated carbocycles. The van der Waals surface area contributed by atoms with E-state index in [0.29, 0.717) is 12.1 Å². The van der Waals surface area contributed by atoms with Crippen molar-refractivity contribution in [1.82, 2.24) is 5.32 Å². The number of anilines is 2. The summed E-state index contributed by atoms with van der Waals surface area (Å²) in [6, 6.07) is 17.7. The Hall–Kier alpha value is -3.89. The molecule has 4 N–H and O–H groups in total. The molecule has 212 valence electrons. The summed E-state index contributed by atoms with van der Waals surface area (Å²) >= 11 is 6.13. The molecule has 2 amide bonds. The molecular weight excluding hydrogens is 554 g/mol. The second kappa shape index (κ2) is 13.0. The number of nitrogens with one attached hydrogen (secondary N) is 3. The Kier molecular flexibility index (Phi) is 9.94. The van der Waals surface area contributed by atoms with Gasteiger partial charge in [0.25, 0.3) is 15.9 Å². The number of sulfonamides is 1. The maximum atomic E-state index is 13.2. The van der Waals surface area contributed by atoms with Crippen LogP contribution in [0.2, 0.25) is 5.02 Å². The SMILES string of the molecule is CC(C)(C)c1ccc(S(=O)(=O)Nc2ccc(Cl)cc2C(=O)Nc2cccc(CCC(=O)NCCC(=O)O)c2)cc1. The Morgan fingerprint density at radius 1 is 0.925 bits per heavy atom. The van der Waals surface area contributed by atoms with Crippen LogP contribution in [-0.4, -0.2) is 37.9 Å². The highest BCUT2D eigenvalue weighted by atomic mass is 35.5. The molecule has 40 heavy (non-hydrogen) atoms. The summed E-state index contributed by atoms with van der Waals surface area (Å²) in [6.07, 6.45) is 0.366. The zero-order chi connectivity index (χ0) is 29.5. The number of halogens is 1. The largest absolute Gasteiger partial charge is 0.481 e. The number of hydrogen-bond donors (Lipinski definition) is 4. The number of hydrogen-bond acceptors (Lipinski definition) is 5. The summed E-state index contributed by atoms with van der Waals surface area (Å²) < 4.78 is 28.7. The third-order valence-corrected chi connectivity index (χ3v) is 7.60. The fourth-order valence-corrected chi connectivity index (χ4v) is 5.04. The van der Waals surface area contributed by atoms with E-state index >= 15 is 0 Å². The molecule has 0 fully saturated rings. The number of aliphatic carboxylic acids is 1. The number of carbonyl (C=O) groups excluding carboxylic acids is 2. The molecule has 3 rings (SSSR count). The number of carbonyl (C=O) groups is 3. The molecule has 0 spiro atoms. The Labute approximate surface area is 239 Å². The molecule has 0 heterocycles. The molecule has 0 aliphatic carbocycles. The van der Waals surface area contributed by atoms with Gasteiger partial charge >= 0.3 is 5.97 Å². The van der Waals surface area contributed by atoms with Gasteiger partial charge in [0.2, 0.25) is 5.91 Å². The lowest BCUT2D eigenvalue weighted by molar-refractivity contribution is -0.136. The maximum absolute atomic E-state index is 13.2. The molecule has 11 heteroatoms. The Balaban J connectivity index is 1.72. The molecule has 0 saturated heterocycles. The fraction of sp³-hybridized carbons (Fsp3) is 0.276. The van der Waals surface area contributed by atoms with E-state index in [1.807, 2.05) is 20.8 Å². The van der Waals surface area contributed by atoms with Gasteiger partial charge in [0, 0.05) is 23.7 Å². The number of carboxylic acid groups (broad SMARTS) is 1. The lowest BCUT2D eigenvalue weighted by Crippen LogP contribution is -2.26. The van der Waals surface area contributed by atoms with E-state index < -0.39 is 21.9 Å². The van der Waals surface area contributed by atoms with Crippen LogP contribution in [0.25, 0.3) is 0 Å². The van der Waals surface area contributed by atoms with Gasteiger partial charge in [-0.1, -0.05) is 56.6 Å². The van der Waals surface area contributed by atoms with Crippen molar-refractivity contribution in [3.63, 3.8) is 0 Å². The van der Waals surface area contributed by atoms with E-state index in [4.69, 9.17) is 16.7 Å². The second-order valence-electron chi connectivity index (χ2n) is 10.2. The minimum Gasteiger partial charge on any atom is -0.481 e. The summed E-state index contributed by atoms with van der Waals surface area (Å²) in [5.74, 6) is -1.85. The lowest BCUT2D eigenvalue weighted by atomic mass is 9.87. The van der Waals surface area contributed by atoms with Crippen molar-refractivity contribution in [2.45, 2.75) is 50.3 Å². The first kappa shape index (κ1) is 30.6. The van der Waals surface area contributed by atoms with Crippen molar-refractivity contribution >= 4 is 50.8 Å². The van der Waals surface area contributed by atoms with Crippen LogP contribution in [0.4, 0.5) is 11.4 Å². The van der Waals surface area contributed by atoms with Crippen LogP contribution >= 0.6 is 11.6 Å². The average molecular weight is 586 g/mol. The van der Waals surface area contributed by atoms with Crippen LogP contribution in [0.15, 0.2) is 71.6 Å². The van der Waals surface area contributed by atoms with Gasteiger partial charge in [-0.3, -0.25) is 19.1 Å². The van der Waals surface area contributed by atoms with Crippen molar-refractivity contribution in [2.75, 3.05) is 16.6 Å². The van der Waals surface area contributed by atoms with Gasteiger partial charge in [-0.05, 0) is 65.4 Å². The van der Waals surface area contributed by atoms with Crippen molar-refractivity contribution in [1.29, 1.82) is 0 Å². The fourth-order valence-electron chi connectivity index (χ4n) is 3.79. The number of benzene rings is 3. The van der Waals surface area contributed by atoms with E-state index in [1.54, 1.807) is 36.4 Å². The summed E-state index contributed by atoms with van der Waals surface area (Å²) in [5.41, 5.74) is 2.17. The standard InChI is InChI=1S/C29H32ClN3O6S/c1-29(2,3)20-8-11-23(12-9-20)40(38,39)33-25-13-10-21(30)18-24(25)28(37)32-22-6-4-5-19(17-22)7-14-26(34)31-16-15-27(35)36/h4-6,8-13,17-18,33H,7,14-16H2,1-3H3,(H,31,34)(H,32,37)(H,35,36). The van der Waals surface area contributed by atoms with Crippen molar-refractivity contribution in [2.24, 2.45) is 0 Å². The van der Waals surface area contributed by atoms with Crippen molar-refractivity contribution < 1.29 is 27.9 Å². The number of carboxylic acids is 1. The third kappa shape index (κ3) is 8.82. The molecule has 9 nitrogen and oxygen atoms in total. The van der Waals surface area contributed by atoms with Crippen molar-refractivity contribution in [3.8, 4) is 0 Å². The van der Waals surface area contributed by atoms with Gasteiger partial charge in [-0.2, -0.15) is 0 Å². The predicted octanol–water partition coefficient (Wildman–Crippen LogP) is 5.21. The smallest absolute Gasteiger partial charge is 0.305 e. The molecule has 3 aromatic rings. The molecule has 0 aromatic heterocycles. The molecule has 0 aliphatic heterocycles. The van der Waals surface area contributed by atoms with E-state index in [9.17, 15) is 22.8 Å². The number of aryl methyl sites for hydroxylation is 1. The summed E-state index contributed by atoms with van der Waals surface area (Å²) in [6.45, 7) is 6.15. The minimum atomic E-state index is -3.99. The van der Waals surface area contributed by atoms with Gasteiger partial charge in [0.15, 0.2) is 0 Å². The first-order valence-corrected chi connectivity index (χ1v) is 14.4. The first-order chi connectivity index (χ1) is 18.7. The van der Waals surface area contributed by atoms with Gasteiger partial charge in [0.05, 0.1) is 22.6 Å². The monoisotopic (exact) mass is 585 g/mol. The second-order valence-corrected chi connectivity index (χ2v) is 12.3. The molecular formula is C29H32ClN3O6S.